The van der Waals surface area contributed by atoms with E-state index in [0.29, 0.717) is 10.3 Å². The second kappa shape index (κ2) is 7.54. The lowest BCUT2D eigenvalue weighted by molar-refractivity contribution is -0.385. The van der Waals surface area contributed by atoms with E-state index >= 15 is 0 Å². The van der Waals surface area contributed by atoms with Crippen LogP contribution >= 0.6 is 15.9 Å². The molecule has 1 N–H and O–H groups in total. The molecule has 20 heavy (non-hydrogen) atoms. The maximum atomic E-state index is 10.6. The quantitative estimate of drug-likeness (QED) is 0.657. The van der Waals surface area contributed by atoms with Crippen LogP contribution in [0.25, 0.3) is 0 Å². The highest BCUT2D eigenvalue weighted by molar-refractivity contribution is 9.10. The lowest BCUT2D eigenvalue weighted by atomic mass is 10.2. The first-order valence-corrected chi connectivity index (χ1v) is 7.72. The summed E-state index contributed by atoms with van der Waals surface area (Å²) in [6, 6.07) is 1.47. The molecule has 0 bridgehead atoms. The van der Waals surface area contributed by atoms with E-state index in [0.717, 1.165) is 26.2 Å². The average Bonchev–Trinajstić information content (AvgIpc) is 2.69. The average molecular weight is 343 g/mol. The van der Waals surface area contributed by atoms with Gasteiger partial charge in [0.25, 0.3) is 5.69 Å². The first-order valence-electron chi connectivity index (χ1n) is 6.93. The Bertz CT molecular complexity index is 462. The summed E-state index contributed by atoms with van der Waals surface area (Å²) in [4.78, 5) is 16.7. The predicted octanol–water partition coefficient (Wildman–Crippen LogP) is 3.04. The van der Waals surface area contributed by atoms with Crippen LogP contribution in [0.15, 0.2) is 16.7 Å². The number of anilines is 1. The van der Waals surface area contributed by atoms with Gasteiger partial charge in [0.1, 0.15) is 12.0 Å². The number of rotatable bonds is 5. The molecule has 0 atom stereocenters. The van der Waals surface area contributed by atoms with Gasteiger partial charge < -0.3 is 10.2 Å². The zero-order valence-corrected chi connectivity index (χ0v) is 12.9. The van der Waals surface area contributed by atoms with Crippen molar-refractivity contribution in [3.8, 4) is 0 Å². The molecule has 2 heterocycles. The standard InChI is InChI=1S/C13H19BrN4O2/c14-12-9-11(18(19)20)10-16-13(12)15-5-8-17-6-3-1-2-4-7-17/h9-10H,1-8H2,(H,15,16). The summed E-state index contributed by atoms with van der Waals surface area (Å²) in [6.45, 7) is 4.10. The molecule has 1 aromatic rings. The Labute approximate surface area is 126 Å². The molecular weight excluding hydrogens is 324 g/mol. The molecule has 6 nitrogen and oxygen atoms in total. The maximum absolute atomic E-state index is 10.6. The van der Waals surface area contributed by atoms with Gasteiger partial charge in [0, 0.05) is 19.2 Å². The van der Waals surface area contributed by atoms with Crippen molar-refractivity contribution in [3.63, 3.8) is 0 Å². The second-order valence-electron chi connectivity index (χ2n) is 4.96. The SMILES string of the molecule is O=[N+]([O-])c1cnc(NCCN2CCCCCC2)c(Br)c1. The molecule has 0 aliphatic carbocycles. The highest BCUT2D eigenvalue weighted by Crippen LogP contribution is 2.24. The van der Waals surface area contributed by atoms with Gasteiger partial charge in [-0.15, -0.1) is 0 Å². The van der Waals surface area contributed by atoms with E-state index in [4.69, 9.17) is 0 Å². The van der Waals surface area contributed by atoms with E-state index in [1.807, 2.05) is 0 Å². The minimum Gasteiger partial charge on any atom is -0.368 e. The molecule has 1 aliphatic rings. The van der Waals surface area contributed by atoms with Crippen molar-refractivity contribution < 1.29 is 4.92 Å². The summed E-state index contributed by atoms with van der Waals surface area (Å²) >= 11 is 3.31. The van der Waals surface area contributed by atoms with E-state index in [9.17, 15) is 10.1 Å². The minimum absolute atomic E-state index is 0.00468. The Balaban J connectivity index is 1.83. The Morgan fingerprint density at radius 1 is 1.35 bits per heavy atom. The van der Waals surface area contributed by atoms with Crippen LogP contribution in [-0.2, 0) is 0 Å². The summed E-state index contributed by atoms with van der Waals surface area (Å²) in [6.07, 6.45) is 6.50. The lowest BCUT2D eigenvalue weighted by Crippen LogP contribution is -2.30. The van der Waals surface area contributed by atoms with Crippen molar-refractivity contribution in [2.24, 2.45) is 0 Å². The Morgan fingerprint density at radius 3 is 2.65 bits per heavy atom. The lowest BCUT2D eigenvalue weighted by Gasteiger charge is -2.20. The highest BCUT2D eigenvalue weighted by Gasteiger charge is 2.11. The number of likely N-dealkylation sites (tertiary alicyclic amines) is 1. The monoisotopic (exact) mass is 342 g/mol. The highest BCUT2D eigenvalue weighted by atomic mass is 79.9. The zero-order chi connectivity index (χ0) is 14.4. The number of aromatic nitrogens is 1. The number of halogens is 1. The normalized spacial score (nSPS) is 16.6. The summed E-state index contributed by atoms with van der Waals surface area (Å²) < 4.78 is 0.627. The molecular formula is C13H19BrN4O2. The number of nitro groups is 1. The van der Waals surface area contributed by atoms with Crippen molar-refractivity contribution in [1.82, 2.24) is 9.88 Å². The molecule has 0 spiro atoms. The van der Waals surface area contributed by atoms with Crippen molar-refractivity contribution >= 4 is 27.4 Å². The summed E-state index contributed by atoms with van der Waals surface area (Å²) in [5.74, 6) is 0.658. The van der Waals surface area contributed by atoms with Crippen molar-refractivity contribution in [3.05, 3.63) is 26.9 Å². The minimum atomic E-state index is -0.446. The zero-order valence-electron chi connectivity index (χ0n) is 11.3. The fraction of sp³-hybridized carbons (Fsp3) is 0.615. The van der Waals surface area contributed by atoms with Crippen molar-refractivity contribution in [1.29, 1.82) is 0 Å². The van der Waals surface area contributed by atoms with E-state index in [2.05, 4.69) is 31.1 Å². The molecule has 0 amide bonds. The Morgan fingerprint density at radius 2 is 2.05 bits per heavy atom. The van der Waals surface area contributed by atoms with Gasteiger partial charge in [0.2, 0.25) is 0 Å². The van der Waals surface area contributed by atoms with Crippen LogP contribution in [0.2, 0.25) is 0 Å². The fourth-order valence-electron chi connectivity index (χ4n) is 2.35. The van der Waals surface area contributed by atoms with Crippen LogP contribution in [0.4, 0.5) is 11.5 Å². The van der Waals surface area contributed by atoms with Crippen LogP contribution < -0.4 is 5.32 Å². The summed E-state index contributed by atoms with van der Waals surface area (Å²) in [7, 11) is 0. The van der Waals surface area contributed by atoms with E-state index < -0.39 is 4.92 Å². The molecule has 0 aromatic carbocycles. The van der Waals surface area contributed by atoms with E-state index in [-0.39, 0.29) is 5.69 Å². The number of nitrogens with one attached hydrogen (secondary N) is 1. The molecule has 110 valence electrons. The van der Waals surface area contributed by atoms with Crippen LogP contribution in [0.3, 0.4) is 0 Å². The van der Waals surface area contributed by atoms with Gasteiger partial charge in [-0.2, -0.15) is 0 Å². The number of hydrogen-bond acceptors (Lipinski definition) is 5. The van der Waals surface area contributed by atoms with Gasteiger partial charge in [0.15, 0.2) is 0 Å². The van der Waals surface area contributed by atoms with Gasteiger partial charge >= 0.3 is 0 Å². The number of hydrogen-bond donors (Lipinski definition) is 1. The van der Waals surface area contributed by atoms with Crippen LogP contribution in [0.5, 0.6) is 0 Å². The van der Waals surface area contributed by atoms with Gasteiger partial charge in [-0.3, -0.25) is 10.1 Å². The van der Waals surface area contributed by atoms with Crippen molar-refractivity contribution in [2.45, 2.75) is 25.7 Å². The van der Waals surface area contributed by atoms with Gasteiger partial charge in [0.05, 0.1) is 9.40 Å². The van der Waals surface area contributed by atoms with Crippen LogP contribution in [-0.4, -0.2) is 41.0 Å². The first-order chi connectivity index (χ1) is 9.66. The number of nitrogens with zero attached hydrogens (tertiary/aromatic N) is 3. The van der Waals surface area contributed by atoms with Crippen LogP contribution in [0, 0.1) is 10.1 Å². The fourth-order valence-corrected chi connectivity index (χ4v) is 2.83. The van der Waals surface area contributed by atoms with E-state index in [1.54, 1.807) is 0 Å². The first kappa shape index (κ1) is 15.2. The molecule has 1 aromatic heterocycles. The van der Waals surface area contributed by atoms with Crippen LogP contribution in [0.1, 0.15) is 25.7 Å². The van der Waals surface area contributed by atoms with Gasteiger partial charge in [-0.05, 0) is 41.9 Å². The topological polar surface area (TPSA) is 71.3 Å². The Kier molecular flexibility index (Phi) is 5.72. The summed E-state index contributed by atoms with van der Waals surface area (Å²) in [5, 5.41) is 13.9. The maximum Gasteiger partial charge on any atom is 0.288 e. The molecule has 2 rings (SSSR count). The molecule has 0 unspecified atom stereocenters. The smallest absolute Gasteiger partial charge is 0.288 e. The number of pyridine rings is 1. The predicted molar refractivity (Wildman–Crippen MR) is 82.0 cm³/mol. The third-order valence-corrected chi connectivity index (χ3v) is 4.06. The molecule has 7 heteroatoms. The second-order valence-corrected chi connectivity index (χ2v) is 5.82. The summed E-state index contributed by atoms with van der Waals surface area (Å²) in [5.41, 5.74) is -0.00468. The Hall–Kier alpha value is -1.21. The molecule has 1 saturated heterocycles. The molecule has 0 radical (unpaired) electrons. The largest absolute Gasteiger partial charge is 0.368 e. The molecule has 1 fully saturated rings. The van der Waals surface area contributed by atoms with Gasteiger partial charge in [-0.25, -0.2) is 4.98 Å². The third-order valence-electron chi connectivity index (χ3n) is 3.46. The van der Waals surface area contributed by atoms with E-state index in [1.165, 1.54) is 37.9 Å². The van der Waals surface area contributed by atoms with Crippen molar-refractivity contribution in [2.75, 3.05) is 31.5 Å². The molecule has 1 aliphatic heterocycles. The van der Waals surface area contributed by atoms with Gasteiger partial charge in [-0.1, -0.05) is 12.8 Å². The third kappa shape index (κ3) is 4.42. The molecule has 0 saturated carbocycles.